The van der Waals surface area contributed by atoms with Gasteiger partial charge < -0.3 is 4.90 Å². The van der Waals surface area contributed by atoms with E-state index in [4.69, 9.17) is 11.6 Å². The number of carbonyl (C=O) groups is 1. The Labute approximate surface area is 197 Å². The quantitative estimate of drug-likeness (QED) is 0.547. The number of carbonyl (C=O) groups excluding carboxylic acids is 1. The first-order chi connectivity index (χ1) is 15.9. The maximum atomic E-state index is 13.2. The van der Waals surface area contributed by atoms with Crippen LogP contribution in [0.2, 0.25) is 5.02 Å². The number of hydrogen-bond donors (Lipinski definition) is 1. The molecule has 0 bridgehead atoms. The number of tetrazole rings is 1. The minimum Gasteiger partial charge on any atom is -0.341 e. The van der Waals surface area contributed by atoms with Crippen LogP contribution < -0.4 is 4.72 Å². The summed E-state index contributed by atoms with van der Waals surface area (Å²) in [5.74, 6) is 0.328. The molecule has 1 atom stereocenters. The molecule has 11 heteroatoms. The maximum absolute atomic E-state index is 13.2. The van der Waals surface area contributed by atoms with Crippen LogP contribution in [0.3, 0.4) is 0 Å². The van der Waals surface area contributed by atoms with Crippen LogP contribution in [0.4, 0.5) is 0 Å². The van der Waals surface area contributed by atoms with Crippen LogP contribution in [0.1, 0.15) is 32.2 Å². The van der Waals surface area contributed by atoms with Gasteiger partial charge in [0.1, 0.15) is 0 Å². The molecule has 0 spiro atoms. The van der Waals surface area contributed by atoms with Crippen molar-refractivity contribution in [3.63, 3.8) is 0 Å². The molecule has 174 valence electrons. The molecule has 0 unspecified atom stereocenters. The lowest BCUT2D eigenvalue weighted by atomic mass is 10.0. The molecule has 1 saturated heterocycles. The van der Waals surface area contributed by atoms with Gasteiger partial charge in [-0.3, -0.25) is 4.79 Å². The molecule has 9 nitrogen and oxygen atoms in total. The van der Waals surface area contributed by atoms with Gasteiger partial charge in [0, 0.05) is 29.7 Å². The molecular weight excluding hydrogens is 464 g/mol. The van der Waals surface area contributed by atoms with Crippen LogP contribution in [0.15, 0.2) is 59.5 Å². The van der Waals surface area contributed by atoms with Crippen LogP contribution in [0, 0.1) is 0 Å². The number of piperidine rings is 1. The number of amides is 1. The van der Waals surface area contributed by atoms with Gasteiger partial charge in [0.2, 0.25) is 21.8 Å². The van der Waals surface area contributed by atoms with Gasteiger partial charge in [0.15, 0.2) is 6.04 Å². The van der Waals surface area contributed by atoms with Gasteiger partial charge in [0.05, 0.1) is 4.90 Å². The minimum absolute atomic E-state index is 0.0954. The van der Waals surface area contributed by atoms with Crippen molar-refractivity contribution in [1.82, 2.24) is 29.8 Å². The molecule has 0 saturated carbocycles. The highest BCUT2D eigenvalue weighted by Gasteiger charge is 2.31. The van der Waals surface area contributed by atoms with Gasteiger partial charge >= 0.3 is 0 Å². The summed E-state index contributed by atoms with van der Waals surface area (Å²) in [5.41, 5.74) is 0.763. The van der Waals surface area contributed by atoms with Crippen LogP contribution in [-0.2, 0) is 14.8 Å². The van der Waals surface area contributed by atoms with Gasteiger partial charge in [-0.15, -0.1) is 10.2 Å². The second-order valence-corrected chi connectivity index (χ2v) is 10.0. The van der Waals surface area contributed by atoms with E-state index in [2.05, 4.69) is 20.1 Å². The zero-order chi connectivity index (χ0) is 23.4. The Kier molecular flexibility index (Phi) is 7.06. The lowest BCUT2D eigenvalue weighted by molar-refractivity contribution is -0.136. The first kappa shape index (κ1) is 23.3. The molecule has 0 radical (unpaired) electrons. The van der Waals surface area contributed by atoms with E-state index in [0.29, 0.717) is 43.2 Å². The Balaban J connectivity index is 1.38. The van der Waals surface area contributed by atoms with Gasteiger partial charge in [-0.1, -0.05) is 36.7 Å². The van der Waals surface area contributed by atoms with E-state index in [1.807, 2.05) is 6.92 Å². The number of halogens is 1. The molecule has 4 rings (SSSR count). The topological polar surface area (TPSA) is 110 Å². The number of benzene rings is 2. The Morgan fingerprint density at radius 3 is 2.42 bits per heavy atom. The summed E-state index contributed by atoms with van der Waals surface area (Å²) in [6.45, 7) is 2.81. The molecule has 1 fully saturated rings. The number of hydrogen-bond acceptors (Lipinski definition) is 6. The largest absolute Gasteiger partial charge is 0.341 e. The summed E-state index contributed by atoms with van der Waals surface area (Å²) >= 11 is 5.93. The van der Waals surface area contributed by atoms with Crippen LogP contribution in [-0.4, -0.2) is 58.6 Å². The fourth-order valence-corrected chi connectivity index (χ4v) is 5.28. The average Bonchev–Trinajstić information content (AvgIpc) is 3.30. The second kappa shape index (κ2) is 9.98. The summed E-state index contributed by atoms with van der Waals surface area (Å²) < 4.78 is 27.9. The second-order valence-electron chi connectivity index (χ2n) is 7.90. The van der Waals surface area contributed by atoms with E-state index in [-0.39, 0.29) is 16.8 Å². The van der Waals surface area contributed by atoms with E-state index in [1.165, 1.54) is 4.80 Å². The fourth-order valence-electron chi connectivity index (χ4n) is 3.82. The third-order valence-electron chi connectivity index (χ3n) is 5.66. The van der Waals surface area contributed by atoms with E-state index in [9.17, 15) is 13.2 Å². The Morgan fingerprint density at radius 2 is 1.79 bits per heavy atom. The van der Waals surface area contributed by atoms with Crippen molar-refractivity contribution in [2.24, 2.45) is 0 Å². The molecule has 1 N–H and O–H groups in total. The van der Waals surface area contributed by atoms with E-state index in [1.54, 1.807) is 59.5 Å². The lowest BCUT2D eigenvalue weighted by Crippen LogP contribution is -2.48. The Bertz CT molecular complexity index is 1190. The summed E-state index contributed by atoms with van der Waals surface area (Å²) in [7, 11) is -3.58. The average molecular weight is 489 g/mol. The van der Waals surface area contributed by atoms with E-state index >= 15 is 0 Å². The van der Waals surface area contributed by atoms with Crippen LogP contribution >= 0.6 is 11.6 Å². The van der Waals surface area contributed by atoms with Gasteiger partial charge in [0.25, 0.3) is 0 Å². The standard InChI is InChI=1S/C22H25ClN6O3S/c1-2-20(29-25-21(24-27-29)16-8-10-17(23)11-9-16)22(30)28-14-12-18(13-15-28)26-33(31,32)19-6-4-3-5-7-19/h3-11,18,20,26H,2,12-15H2,1H3/t20-/m0/s1. The fraction of sp³-hybridized carbons (Fsp3) is 0.364. The number of sulfonamides is 1. The van der Waals surface area contributed by atoms with Crippen molar-refractivity contribution in [1.29, 1.82) is 0 Å². The van der Waals surface area contributed by atoms with E-state index in [0.717, 1.165) is 5.56 Å². The van der Waals surface area contributed by atoms with Crippen LogP contribution in [0.5, 0.6) is 0 Å². The zero-order valence-corrected chi connectivity index (χ0v) is 19.7. The highest BCUT2D eigenvalue weighted by atomic mass is 35.5. The number of rotatable bonds is 7. The Morgan fingerprint density at radius 1 is 1.12 bits per heavy atom. The van der Waals surface area contributed by atoms with Crippen molar-refractivity contribution in [3.05, 3.63) is 59.6 Å². The van der Waals surface area contributed by atoms with Gasteiger partial charge in [-0.05, 0) is 60.9 Å². The first-order valence-corrected chi connectivity index (χ1v) is 12.6. The summed E-state index contributed by atoms with van der Waals surface area (Å²) in [6.07, 6.45) is 1.58. The van der Waals surface area contributed by atoms with Gasteiger partial charge in [-0.2, -0.15) is 4.80 Å². The third-order valence-corrected chi connectivity index (χ3v) is 7.45. The predicted molar refractivity (Wildman–Crippen MR) is 124 cm³/mol. The summed E-state index contributed by atoms with van der Waals surface area (Å²) in [6, 6.07) is 14.6. The van der Waals surface area contributed by atoms with E-state index < -0.39 is 16.1 Å². The number of nitrogens with one attached hydrogen (secondary N) is 1. The summed E-state index contributed by atoms with van der Waals surface area (Å²) in [4.78, 5) is 16.5. The van der Waals surface area contributed by atoms with Gasteiger partial charge in [-0.25, -0.2) is 13.1 Å². The third kappa shape index (κ3) is 5.40. The SMILES string of the molecule is CC[C@@H](C(=O)N1CCC(NS(=O)(=O)c2ccccc2)CC1)n1nnc(-c2ccc(Cl)cc2)n1. The molecule has 1 aromatic heterocycles. The number of nitrogens with zero attached hydrogens (tertiary/aromatic N) is 5. The molecular formula is C22H25ClN6O3S. The van der Waals surface area contributed by atoms with Crippen molar-refractivity contribution in [3.8, 4) is 11.4 Å². The van der Waals surface area contributed by atoms with Crippen LogP contribution in [0.25, 0.3) is 11.4 Å². The maximum Gasteiger partial charge on any atom is 0.249 e. The summed E-state index contributed by atoms with van der Waals surface area (Å²) in [5, 5.41) is 13.2. The molecule has 2 heterocycles. The van der Waals surface area contributed by atoms with Crippen molar-refractivity contribution < 1.29 is 13.2 Å². The molecule has 33 heavy (non-hydrogen) atoms. The van der Waals surface area contributed by atoms with Crippen molar-refractivity contribution in [2.45, 2.75) is 43.2 Å². The smallest absolute Gasteiger partial charge is 0.249 e. The normalized spacial score (nSPS) is 16.0. The molecule has 1 aliphatic rings. The lowest BCUT2D eigenvalue weighted by Gasteiger charge is -2.33. The van der Waals surface area contributed by atoms with Crippen molar-refractivity contribution >= 4 is 27.5 Å². The molecule has 0 aliphatic carbocycles. The Hall–Kier alpha value is -2.82. The molecule has 1 amide bonds. The monoisotopic (exact) mass is 488 g/mol. The number of likely N-dealkylation sites (tertiary alicyclic amines) is 1. The number of aromatic nitrogens is 4. The first-order valence-electron chi connectivity index (χ1n) is 10.8. The highest BCUT2D eigenvalue weighted by molar-refractivity contribution is 7.89. The molecule has 2 aromatic carbocycles. The highest BCUT2D eigenvalue weighted by Crippen LogP contribution is 2.21. The minimum atomic E-state index is -3.58. The molecule has 3 aromatic rings. The zero-order valence-electron chi connectivity index (χ0n) is 18.1. The molecule has 1 aliphatic heterocycles. The van der Waals surface area contributed by atoms with Crippen molar-refractivity contribution in [2.75, 3.05) is 13.1 Å². The predicted octanol–water partition coefficient (Wildman–Crippen LogP) is 2.91.